The van der Waals surface area contributed by atoms with Crippen molar-refractivity contribution in [3.63, 3.8) is 0 Å². The van der Waals surface area contributed by atoms with Crippen LogP contribution in [0.3, 0.4) is 0 Å². The molecular formula is C65H50N2. The Balaban J connectivity index is 0.858. The number of allylic oxidation sites excluding steroid dienone is 4. The van der Waals surface area contributed by atoms with E-state index >= 15 is 0 Å². The quantitative estimate of drug-likeness (QED) is 0.140. The Kier molecular flexibility index (Phi) is 9.84. The Hall–Kier alpha value is -8.20. The number of anilines is 3. The second kappa shape index (κ2) is 16.3. The molecule has 67 heavy (non-hydrogen) atoms. The van der Waals surface area contributed by atoms with E-state index in [1.807, 2.05) is 6.08 Å². The molecule has 2 nitrogen and oxygen atoms in total. The smallest absolute Gasteiger partial charge is 0.0541 e. The summed E-state index contributed by atoms with van der Waals surface area (Å²) in [6, 6.07) is 78.1. The van der Waals surface area contributed by atoms with Gasteiger partial charge in [-0.2, -0.15) is 0 Å². The van der Waals surface area contributed by atoms with Crippen LogP contribution in [0, 0.1) is 0 Å². The van der Waals surface area contributed by atoms with Crippen LogP contribution in [0.4, 0.5) is 17.1 Å². The third kappa shape index (κ3) is 7.05. The second-order valence-corrected chi connectivity index (χ2v) is 18.6. The fourth-order valence-corrected chi connectivity index (χ4v) is 10.7. The topological polar surface area (TPSA) is 8.17 Å². The molecule has 1 unspecified atom stereocenters. The Morgan fingerprint density at radius 1 is 0.507 bits per heavy atom. The Morgan fingerprint density at radius 3 is 1.75 bits per heavy atom. The minimum atomic E-state index is -0.0937. The van der Waals surface area contributed by atoms with E-state index in [-0.39, 0.29) is 11.3 Å². The summed E-state index contributed by atoms with van der Waals surface area (Å²) < 4.78 is 2.40. The third-order valence-corrected chi connectivity index (χ3v) is 14.3. The van der Waals surface area contributed by atoms with Gasteiger partial charge < -0.3 is 9.47 Å². The van der Waals surface area contributed by atoms with Crippen LogP contribution in [0.5, 0.6) is 0 Å². The van der Waals surface area contributed by atoms with Gasteiger partial charge in [-0.15, -0.1) is 0 Å². The molecule has 9 aromatic carbocycles. The molecule has 0 amide bonds. The average Bonchev–Trinajstić information content (AvgIpc) is 3.84. The van der Waals surface area contributed by atoms with Crippen LogP contribution in [-0.4, -0.2) is 4.57 Å². The summed E-state index contributed by atoms with van der Waals surface area (Å²) in [4.78, 5) is 2.42. The van der Waals surface area contributed by atoms with Crippen molar-refractivity contribution < 1.29 is 0 Å². The second-order valence-electron chi connectivity index (χ2n) is 18.6. The molecule has 0 bridgehead atoms. The van der Waals surface area contributed by atoms with Crippen molar-refractivity contribution >= 4 is 50.5 Å². The number of para-hydroxylation sites is 1. The molecule has 2 aliphatic rings. The van der Waals surface area contributed by atoms with Crippen LogP contribution in [0.25, 0.3) is 72.5 Å². The highest BCUT2D eigenvalue weighted by Gasteiger charge is 2.35. The standard InChI is InChI=1S/C65H50N2/c1-4-44-19-21-49(22-20-44)51-31-39-63-59(41-51)60-42-52(32-40-64(60)67(63)53-15-9-6-10-16-53)50-25-23-46(24-26-50)48-29-35-55(36-30-48)66(54-33-27-47(28-34-54)45-13-7-5-8-14-45)56-37-38-58-57-17-11-12-18-61(57)65(2,3)62(58)43-56/h4-23,25-43,46H,1,24H2,2-3H3. The molecule has 2 heteroatoms. The molecule has 0 saturated carbocycles. The van der Waals surface area contributed by atoms with E-state index in [0.717, 1.165) is 34.7 Å². The van der Waals surface area contributed by atoms with Crippen molar-refractivity contribution in [3.05, 3.63) is 265 Å². The van der Waals surface area contributed by atoms with E-state index in [9.17, 15) is 0 Å². The first-order valence-electron chi connectivity index (χ1n) is 23.5. The summed E-state index contributed by atoms with van der Waals surface area (Å²) in [7, 11) is 0. The summed E-state index contributed by atoms with van der Waals surface area (Å²) in [5.41, 5.74) is 22.1. The lowest BCUT2D eigenvalue weighted by atomic mass is 9.82. The SMILES string of the molecule is C=Cc1ccc(-c2ccc3c(c2)c2cc(C4=CCC(c5ccc(N(c6ccc(-c7ccccc7)cc6)c6ccc7c(c6)C(C)(C)c6ccccc6-7)cc5)C=C4)ccc2n3-c2ccccc2)cc1. The summed E-state index contributed by atoms with van der Waals surface area (Å²) in [6.07, 6.45) is 9.98. The fraction of sp³-hybridized carbons (Fsp3) is 0.0769. The molecular weight excluding hydrogens is 809 g/mol. The molecule has 2 aliphatic carbocycles. The monoisotopic (exact) mass is 858 g/mol. The zero-order valence-electron chi connectivity index (χ0n) is 37.9. The van der Waals surface area contributed by atoms with Gasteiger partial charge in [0.05, 0.1) is 11.0 Å². The van der Waals surface area contributed by atoms with E-state index < -0.39 is 0 Å². The largest absolute Gasteiger partial charge is 0.310 e. The molecule has 10 aromatic rings. The highest BCUT2D eigenvalue weighted by atomic mass is 15.1. The van der Waals surface area contributed by atoms with Crippen molar-refractivity contribution in [2.75, 3.05) is 4.90 Å². The first-order chi connectivity index (χ1) is 32.9. The minimum absolute atomic E-state index is 0.0937. The number of hydrogen-bond acceptors (Lipinski definition) is 1. The predicted molar refractivity (Wildman–Crippen MR) is 285 cm³/mol. The van der Waals surface area contributed by atoms with Gasteiger partial charge in [0.2, 0.25) is 0 Å². The van der Waals surface area contributed by atoms with Crippen LogP contribution < -0.4 is 4.90 Å². The first-order valence-corrected chi connectivity index (χ1v) is 23.5. The Bertz CT molecular complexity index is 3550. The molecule has 0 spiro atoms. The van der Waals surface area contributed by atoms with Crippen molar-refractivity contribution in [1.29, 1.82) is 0 Å². The highest BCUT2D eigenvalue weighted by molar-refractivity contribution is 6.11. The van der Waals surface area contributed by atoms with Gasteiger partial charge in [0.1, 0.15) is 0 Å². The number of nitrogens with zero attached hydrogens (tertiary/aromatic N) is 2. The van der Waals surface area contributed by atoms with E-state index in [0.29, 0.717) is 0 Å². The van der Waals surface area contributed by atoms with Crippen LogP contribution in [0.2, 0.25) is 0 Å². The van der Waals surface area contributed by atoms with Crippen molar-refractivity contribution in [2.45, 2.75) is 31.6 Å². The molecule has 320 valence electrons. The van der Waals surface area contributed by atoms with Gasteiger partial charge in [0.15, 0.2) is 0 Å². The zero-order chi connectivity index (χ0) is 45.1. The van der Waals surface area contributed by atoms with E-state index in [2.05, 4.69) is 260 Å². The van der Waals surface area contributed by atoms with E-state index in [1.165, 1.54) is 83.0 Å². The maximum absolute atomic E-state index is 3.95. The lowest BCUT2D eigenvalue weighted by Gasteiger charge is -2.28. The van der Waals surface area contributed by atoms with Crippen molar-refractivity contribution in [2.24, 2.45) is 0 Å². The normalized spacial score (nSPS) is 14.7. The first kappa shape index (κ1) is 40.3. The highest BCUT2D eigenvalue weighted by Crippen LogP contribution is 2.51. The molecule has 0 aliphatic heterocycles. The van der Waals surface area contributed by atoms with Gasteiger partial charge in [-0.25, -0.2) is 0 Å². The maximum Gasteiger partial charge on any atom is 0.0541 e. The van der Waals surface area contributed by atoms with Crippen LogP contribution in [0.15, 0.2) is 237 Å². The molecule has 0 N–H and O–H groups in total. The third-order valence-electron chi connectivity index (χ3n) is 14.3. The maximum atomic E-state index is 3.95. The Morgan fingerprint density at radius 2 is 1.06 bits per heavy atom. The molecule has 12 rings (SSSR count). The summed E-state index contributed by atoms with van der Waals surface area (Å²) >= 11 is 0. The molecule has 1 aromatic heterocycles. The molecule has 1 atom stereocenters. The van der Waals surface area contributed by atoms with Gasteiger partial charge in [-0.05, 0) is 146 Å². The number of aromatic nitrogens is 1. The lowest BCUT2D eigenvalue weighted by Crippen LogP contribution is -2.16. The van der Waals surface area contributed by atoms with E-state index in [4.69, 9.17) is 0 Å². The summed E-state index contributed by atoms with van der Waals surface area (Å²) in [5, 5.41) is 2.50. The van der Waals surface area contributed by atoms with Crippen molar-refractivity contribution in [1.82, 2.24) is 4.57 Å². The summed E-state index contributed by atoms with van der Waals surface area (Å²) in [6.45, 7) is 8.66. The molecule has 0 saturated heterocycles. The fourth-order valence-electron chi connectivity index (χ4n) is 10.7. The van der Waals surface area contributed by atoms with Crippen LogP contribution in [-0.2, 0) is 5.41 Å². The minimum Gasteiger partial charge on any atom is -0.310 e. The van der Waals surface area contributed by atoms with Gasteiger partial charge in [-0.3, -0.25) is 0 Å². The van der Waals surface area contributed by atoms with Gasteiger partial charge in [-0.1, -0.05) is 184 Å². The molecule has 0 fully saturated rings. The van der Waals surface area contributed by atoms with Crippen molar-refractivity contribution in [3.8, 4) is 39.1 Å². The van der Waals surface area contributed by atoms with Crippen LogP contribution >= 0.6 is 0 Å². The number of benzene rings is 9. The average molecular weight is 859 g/mol. The Labute approximate surface area is 393 Å². The summed E-state index contributed by atoms with van der Waals surface area (Å²) in [5.74, 6) is 0.287. The number of rotatable bonds is 9. The lowest BCUT2D eigenvalue weighted by molar-refractivity contribution is 0.660. The van der Waals surface area contributed by atoms with Gasteiger partial charge in [0.25, 0.3) is 0 Å². The predicted octanol–water partition coefficient (Wildman–Crippen LogP) is 17.7. The van der Waals surface area contributed by atoms with Gasteiger partial charge >= 0.3 is 0 Å². The number of fused-ring (bicyclic) bond motifs is 6. The van der Waals surface area contributed by atoms with E-state index in [1.54, 1.807) is 0 Å². The van der Waals surface area contributed by atoms with Crippen LogP contribution in [0.1, 0.15) is 54.0 Å². The zero-order valence-corrected chi connectivity index (χ0v) is 37.9. The molecule has 1 heterocycles. The number of hydrogen-bond donors (Lipinski definition) is 0. The molecule has 0 radical (unpaired) electrons. The van der Waals surface area contributed by atoms with Gasteiger partial charge in [0, 0.05) is 44.9 Å².